The number of hydrogen-bond acceptors (Lipinski definition) is 8. The summed E-state index contributed by atoms with van der Waals surface area (Å²) >= 11 is 5.98. The fourth-order valence-electron chi connectivity index (χ4n) is 4.18. The monoisotopic (exact) mass is 551 g/mol. The summed E-state index contributed by atoms with van der Waals surface area (Å²) in [7, 11) is 0. The summed E-state index contributed by atoms with van der Waals surface area (Å²) in [6, 6.07) is 20.4. The number of rotatable bonds is 6. The van der Waals surface area contributed by atoms with E-state index in [0.717, 1.165) is 49.1 Å². The van der Waals surface area contributed by atoms with E-state index in [2.05, 4.69) is 47.9 Å². The number of hydrogen-bond donors (Lipinski definition) is 0. The summed E-state index contributed by atoms with van der Waals surface area (Å²) in [5.41, 5.74) is 4.34. The van der Waals surface area contributed by atoms with Crippen LogP contribution in [0.5, 0.6) is 0 Å². The van der Waals surface area contributed by atoms with E-state index in [-0.39, 0.29) is 0 Å². The second kappa shape index (κ2) is 10.2. The number of allylic oxidation sites excluding steroid dienone is 3. The van der Waals surface area contributed by atoms with Crippen LogP contribution in [0, 0.1) is 45.3 Å². The minimum Gasteiger partial charge on any atom is -0.339 e. The smallest absolute Gasteiger partial charge is 0.110 e. The molecule has 178 valence electrons. The highest BCUT2D eigenvalue weighted by Crippen LogP contribution is 2.44. The molecule has 5 aromatic heterocycles. The Balaban J connectivity index is 1.63. The molecule has 0 bridgehead atoms. The van der Waals surface area contributed by atoms with Gasteiger partial charge in [0.2, 0.25) is 0 Å². The first kappa shape index (κ1) is 24.7. The number of nitrogens with zero attached hydrogens (tertiary/aromatic N) is 5. The second-order valence-electron chi connectivity index (χ2n) is 8.17. The summed E-state index contributed by atoms with van der Waals surface area (Å²) in [5, 5.41) is 38.0. The van der Waals surface area contributed by atoms with Crippen LogP contribution >= 0.6 is 45.3 Å². The van der Waals surface area contributed by atoms with Crippen LogP contribution in [0.1, 0.15) is 49.5 Å². The summed E-state index contributed by atoms with van der Waals surface area (Å²) < 4.78 is 4.66. The maximum Gasteiger partial charge on any atom is 0.110 e. The van der Waals surface area contributed by atoms with Crippen molar-refractivity contribution in [3.8, 4) is 24.3 Å². The molecule has 0 radical (unpaired) electrons. The zero-order chi connectivity index (χ0) is 26.1. The van der Waals surface area contributed by atoms with Crippen molar-refractivity contribution in [1.29, 1.82) is 21.0 Å². The number of aryl methyl sites for hydroxylation is 1. The van der Waals surface area contributed by atoms with E-state index in [4.69, 9.17) is 5.26 Å². The van der Waals surface area contributed by atoms with Crippen molar-refractivity contribution in [2.24, 2.45) is 0 Å². The molecule has 0 aliphatic rings. The third kappa shape index (κ3) is 4.40. The van der Waals surface area contributed by atoms with Crippen LogP contribution < -0.4 is 0 Å². The van der Waals surface area contributed by atoms with Gasteiger partial charge in [0, 0.05) is 26.1 Å². The molecule has 0 atom stereocenters. The molecule has 5 nitrogen and oxygen atoms in total. The summed E-state index contributed by atoms with van der Waals surface area (Å²) in [5.74, 6) is 0. The zero-order valence-corrected chi connectivity index (χ0v) is 23.1. The lowest BCUT2D eigenvalue weighted by molar-refractivity contribution is 0.724. The minimum absolute atomic E-state index is 0.547. The van der Waals surface area contributed by atoms with E-state index in [1.165, 1.54) is 32.1 Å². The Labute approximate surface area is 229 Å². The Bertz CT molecular complexity index is 1900. The van der Waals surface area contributed by atoms with E-state index in [0.29, 0.717) is 20.9 Å². The summed E-state index contributed by atoms with van der Waals surface area (Å²) in [6.07, 6.45) is 2.88. The highest BCUT2D eigenvalue weighted by atomic mass is 32.1. The van der Waals surface area contributed by atoms with Crippen LogP contribution in [0.4, 0.5) is 0 Å². The van der Waals surface area contributed by atoms with E-state index in [1.54, 1.807) is 34.8 Å². The molecule has 0 saturated heterocycles. The van der Waals surface area contributed by atoms with Crippen molar-refractivity contribution in [1.82, 2.24) is 4.57 Å². The van der Waals surface area contributed by atoms with E-state index in [1.807, 2.05) is 25.1 Å². The SMILES string of the molecule is CCCn1c2cc(/C=C(\C#N)c3ccc(C#N)s3)sc2c2sc(/C(C)=C(\C#N)c3ccc(C#N)s3)cc21. The average molecular weight is 552 g/mol. The Morgan fingerprint density at radius 1 is 0.811 bits per heavy atom. The quantitative estimate of drug-likeness (QED) is 0.197. The third-order valence-electron chi connectivity index (χ3n) is 5.89. The van der Waals surface area contributed by atoms with Crippen molar-refractivity contribution >= 4 is 88.6 Å². The molecule has 5 heterocycles. The molecular weight excluding hydrogens is 535 g/mol. The van der Waals surface area contributed by atoms with Gasteiger partial charge < -0.3 is 4.57 Å². The molecule has 37 heavy (non-hydrogen) atoms. The van der Waals surface area contributed by atoms with Gasteiger partial charge in [0.15, 0.2) is 0 Å². The van der Waals surface area contributed by atoms with Crippen LogP contribution in [0.3, 0.4) is 0 Å². The van der Waals surface area contributed by atoms with E-state index < -0.39 is 0 Å². The van der Waals surface area contributed by atoms with Crippen LogP contribution in [0.2, 0.25) is 0 Å². The first-order chi connectivity index (χ1) is 18.0. The molecule has 0 spiro atoms. The van der Waals surface area contributed by atoms with Gasteiger partial charge in [0.1, 0.15) is 34.0 Å². The molecular formula is C28H17N5S4. The van der Waals surface area contributed by atoms with Gasteiger partial charge in [-0.15, -0.1) is 45.3 Å². The summed E-state index contributed by atoms with van der Waals surface area (Å²) in [6.45, 7) is 4.98. The largest absolute Gasteiger partial charge is 0.339 e. The standard InChI is InChI=1S/C28H17N5S4/c1-3-8-33-22-10-20(9-17(12-29)24-6-4-18(13-30)34-24)36-27(22)28-23(33)11-26(37-28)16(2)21(15-32)25-7-5-19(14-31)35-25/h4-7,9-11H,3,8H2,1-2H3/b17-9+,21-16+. The lowest BCUT2D eigenvalue weighted by Crippen LogP contribution is -1.94. The second-order valence-corrected chi connectivity index (χ2v) is 12.5. The average Bonchev–Trinajstić information content (AvgIpc) is 3.72. The third-order valence-corrected chi connectivity index (χ3v) is 10.4. The zero-order valence-electron chi connectivity index (χ0n) is 19.8. The highest BCUT2D eigenvalue weighted by Gasteiger charge is 2.20. The van der Waals surface area contributed by atoms with Gasteiger partial charge in [-0.3, -0.25) is 0 Å². The minimum atomic E-state index is 0.547. The normalized spacial score (nSPS) is 12.2. The number of fused-ring (bicyclic) bond motifs is 3. The topological polar surface area (TPSA) is 100 Å². The maximum absolute atomic E-state index is 9.92. The van der Waals surface area contributed by atoms with Gasteiger partial charge in [-0.2, -0.15) is 21.0 Å². The van der Waals surface area contributed by atoms with Crippen LogP contribution in [0.25, 0.3) is 43.2 Å². The molecule has 0 unspecified atom stereocenters. The fraction of sp³-hybridized carbons (Fsp3) is 0.143. The molecule has 0 saturated carbocycles. The molecule has 0 aromatic carbocycles. The molecule has 0 aliphatic heterocycles. The van der Waals surface area contributed by atoms with Crippen LogP contribution in [-0.2, 0) is 6.54 Å². The maximum atomic E-state index is 9.92. The number of thiophene rings is 4. The highest BCUT2D eigenvalue weighted by molar-refractivity contribution is 7.28. The molecule has 0 N–H and O–H groups in total. The Kier molecular flexibility index (Phi) is 6.81. The first-order valence-electron chi connectivity index (χ1n) is 11.3. The lowest BCUT2D eigenvalue weighted by Gasteiger charge is -2.03. The molecule has 5 aromatic rings. The fourth-order valence-corrected chi connectivity index (χ4v) is 8.23. The summed E-state index contributed by atoms with van der Waals surface area (Å²) in [4.78, 5) is 4.78. The molecule has 0 aliphatic carbocycles. The van der Waals surface area contributed by atoms with Gasteiger partial charge in [0.05, 0.1) is 31.6 Å². The Morgan fingerprint density at radius 2 is 1.46 bits per heavy atom. The van der Waals surface area contributed by atoms with E-state index in [9.17, 15) is 15.8 Å². The van der Waals surface area contributed by atoms with Crippen molar-refractivity contribution < 1.29 is 0 Å². The van der Waals surface area contributed by atoms with Crippen LogP contribution in [-0.4, -0.2) is 4.57 Å². The van der Waals surface area contributed by atoms with Gasteiger partial charge in [-0.1, -0.05) is 6.92 Å². The first-order valence-corrected chi connectivity index (χ1v) is 14.6. The lowest BCUT2D eigenvalue weighted by atomic mass is 10.1. The molecule has 0 fully saturated rings. The number of aromatic nitrogens is 1. The van der Waals surface area contributed by atoms with Crippen molar-refractivity contribution in [2.45, 2.75) is 26.8 Å². The van der Waals surface area contributed by atoms with Gasteiger partial charge >= 0.3 is 0 Å². The van der Waals surface area contributed by atoms with E-state index >= 15 is 0 Å². The molecule has 5 rings (SSSR count). The predicted molar refractivity (Wildman–Crippen MR) is 155 cm³/mol. The van der Waals surface area contributed by atoms with Crippen LogP contribution in [0.15, 0.2) is 36.4 Å². The Morgan fingerprint density at radius 3 is 2.08 bits per heavy atom. The molecule has 9 heteroatoms. The van der Waals surface area contributed by atoms with Crippen molar-refractivity contribution in [3.05, 3.63) is 65.7 Å². The number of nitriles is 4. The predicted octanol–water partition coefficient (Wildman–Crippen LogP) is 8.71. The van der Waals surface area contributed by atoms with Crippen molar-refractivity contribution in [2.75, 3.05) is 0 Å². The van der Waals surface area contributed by atoms with Crippen molar-refractivity contribution in [3.63, 3.8) is 0 Å². The van der Waals surface area contributed by atoms with Gasteiger partial charge in [-0.25, -0.2) is 0 Å². The molecule has 0 amide bonds. The Hall–Kier alpha value is -3.96. The van der Waals surface area contributed by atoms with Gasteiger partial charge in [0.25, 0.3) is 0 Å². The van der Waals surface area contributed by atoms with Gasteiger partial charge in [-0.05, 0) is 61.4 Å².